The van der Waals surface area contributed by atoms with Gasteiger partial charge in [-0.25, -0.2) is 9.59 Å². The quantitative estimate of drug-likeness (QED) is 0.0170. The van der Waals surface area contributed by atoms with E-state index in [-0.39, 0.29) is 0 Å². The maximum absolute atomic E-state index is 13.3. The van der Waals surface area contributed by atoms with Crippen LogP contribution in [0.25, 0.3) is 0 Å². The molecule has 0 atom stereocenters. The van der Waals surface area contributed by atoms with Crippen LogP contribution in [0.1, 0.15) is 225 Å². The van der Waals surface area contributed by atoms with Crippen molar-refractivity contribution in [2.75, 3.05) is 26.4 Å². The summed E-state index contributed by atoms with van der Waals surface area (Å²) in [6.07, 6.45) is 28.2. The number of benzene rings is 5. The molecule has 76 heavy (non-hydrogen) atoms. The van der Waals surface area contributed by atoms with Crippen molar-refractivity contribution in [3.63, 3.8) is 0 Å². The molecular weight excluding hydrogens is 945 g/mol. The molecule has 0 bridgehead atoms. The van der Waals surface area contributed by atoms with E-state index in [4.69, 9.17) is 28.4 Å². The Hall–Kier alpha value is -6.64. The van der Waals surface area contributed by atoms with Gasteiger partial charge in [0, 0.05) is 22.3 Å². The van der Waals surface area contributed by atoms with Crippen LogP contribution in [-0.4, -0.2) is 38.4 Å². The summed E-state index contributed by atoms with van der Waals surface area (Å²) in [5, 5.41) is 0. The van der Waals surface area contributed by atoms with Crippen molar-refractivity contribution in [2.24, 2.45) is 0 Å². The predicted octanol–water partition coefficient (Wildman–Crippen LogP) is 17.9. The molecule has 5 aromatic rings. The Bertz CT molecular complexity index is 2360. The Kier molecular flexibility index (Phi) is 29.4. The van der Waals surface area contributed by atoms with E-state index in [9.17, 15) is 9.59 Å². The van der Waals surface area contributed by atoms with Gasteiger partial charge >= 0.3 is 11.9 Å². The highest BCUT2D eigenvalue weighted by molar-refractivity contribution is 5.92. The number of hydrogen-bond acceptors (Lipinski definition) is 8. The third kappa shape index (κ3) is 23.9. The summed E-state index contributed by atoms with van der Waals surface area (Å²) in [4.78, 5) is 26.6. The normalized spacial score (nSPS) is 10.7. The van der Waals surface area contributed by atoms with Gasteiger partial charge in [-0.2, -0.15) is 0 Å². The van der Waals surface area contributed by atoms with Crippen molar-refractivity contribution < 1.29 is 38.0 Å². The second-order valence-electron chi connectivity index (χ2n) is 19.7. The van der Waals surface area contributed by atoms with E-state index in [1.165, 1.54) is 103 Å². The largest absolute Gasteiger partial charge is 0.490 e. The zero-order chi connectivity index (χ0) is 53.7. The Morgan fingerprint density at radius 2 is 0.553 bits per heavy atom. The molecule has 5 rings (SSSR count). The molecule has 0 saturated carbocycles. The highest BCUT2D eigenvalue weighted by Crippen LogP contribution is 2.32. The fraction of sp³-hybridized carbons (Fsp3) is 0.471. The molecule has 0 aliphatic heterocycles. The SMILES string of the molecule is CCCCCCCCOc1ccc(C(=O)Oc2ccc(C#Cc3ccc(C#Cc4ccc(OC(=O)c5ccc(OCCCCCCCC)c(OCCCCCCCC)c5)cc4)cc3)cc2)cc1OCCCCCCCC. The van der Waals surface area contributed by atoms with E-state index in [0.717, 1.165) is 73.6 Å². The summed E-state index contributed by atoms with van der Waals surface area (Å²) in [6.45, 7) is 11.3. The van der Waals surface area contributed by atoms with Crippen molar-refractivity contribution in [3.05, 3.63) is 143 Å². The van der Waals surface area contributed by atoms with Gasteiger partial charge in [0.05, 0.1) is 37.6 Å². The molecule has 0 N–H and O–H groups in total. The number of unbranched alkanes of at least 4 members (excludes halogenated alkanes) is 20. The van der Waals surface area contributed by atoms with E-state index in [0.29, 0.717) is 72.1 Å². The molecule has 0 spiro atoms. The number of carbonyl (C=O) groups excluding carboxylic acids is 2. The number of ether oxygens (including phenoxy) is 6. The Labute approximate surface area is 457 Å². The molecule has 8 heteroatoms. The molecule has 0 amide bonds. The molecule has 0 aliphatic carbocycles. The van der Waals surface area contributed by atoms with Gasteiger partial charge in [-0.15, -0.1) is 0 Å². The molecule has 0 aliphatic rings. The second-order valence-corrected chi connectivity index (χ2v) is 19.7. The number of rotatable bonds is 36. The van der Waals surface area contributed by atoms with Crippen LogP contribution in [0.4, 0.5) is 0 Å². The maximum Gasteiger partial charge on any atom is 0.343 e. The van der Waals surface area contributed by atoms with Gasteiger partial charge in [0.1, 0.15) is 11.5 Å². The molecule has 0 fully saturated rings. The lowest BCUT2D eigenvalue weighted by molar-refractivity contribution is 0.0724. The first-order chi connectivity index (χ1) is 37.4. The Balaban J connectivity index is 1.10. The van der Waals surface area contributed by atoms with Gasteiger partial charge in [-0.3, -0.25) is 0 Å². The Morgan fingerprint density at radius 1 is 0.303 bits per heavy atom. The topological polar surface area (TPSA) is 89.5 Å². The predicted molar refractivity (Wildman–Crippen MR) is 310 cm³/mol. The first-order valence-corrected chi connectivity index (χ1v) is 29.0. The van der Waals surface area contributed by atoms with E-state index in [1.54, 1.807) is 48.5 Å². The molecule has 0 heterocycles. The molecule has 0 unspecified atom stereocenters. The summed E-state index contributed by atoms with van der Waals surface area (Å²) in [7, 11) is 0. The third-order valence-corrected chi connectivity index (χ3v) is 13.1. The molecule has 0 aromatic heterocycles. The first-order valence-electron chi connectivity index (χ1n) is 29.0. The lowest BCUT2D eigenvalue weighted by Gasteiger charge is -2.14. The number of esters is 2. The minimum Gasteiger partial charge on any atom is -0.490 e. The molecular formula is C68H86O8. The monoisotopic (exact) mass is 1030 g/mol. The van der Waals surface area contributed by atoms with E-state index in [1.807, 2.05) is 60.7 Å². The van der Waals surface area contributed by atoms with E-state index in [2.05, 4.69) is 51.4 Å². The van der Waals surface area contributed by atoms with Crippen LogP contribution in [0.15, 0.2) is 109 Å². The van der Waals surface area contributed by atoms with Crippen LogP contribution in [0, 0.1) is 23.7 Å². The second kappa shape index (κ2) is 37.2. The Morgan fingerprint density at radius 3 is 0.842 bits per heavy atom. The smallest absolute Gasteiger partial charge is 0.343 e. The van der Waals surface area contributed by atoms with Crippen molar-refractivity contribution in [2.45, 2.75) is 182 Å². The van der Waals surface area contributed by atoms with Crippen LogP contribution in [-0.2, 0) is 0 Å². The van der Waals surface area contributed by atoms with Gasteiger partial charge in [-0.1, -0.05) is 180 Å². The molecule has 0 radical (unpaired) electrons. The van der Waals surface area contributed by atoms with Gasteiger partial charge in [-0.05, 0) is 135 Å². The number of carbonyl (C=O) groups is 2. The maximum atomic E-state index is 13.3. The van der Waals surface area contributed by atoms with E-state index < -0.39 is 11.9 Å². The zero-order valence-electron chi connectivity index (χ0n) is 46.5. The summed E-state index contributed by atoms with van der Waals surface area (Å²) in [5.74, 6) is 15.2. The van der Waals surface area contributed by atoms with Crippen molar-refractivity contribution >= 4 is 11.9 Å². The lowest BCUT2D eigenvalue weighted by atomic mass is 10.1. The fourth-order valence-electron chi connectivity index (χ4n) is 8.46. The zero-order valence-corrected chi connectivity index (χ0v) is 46.5. The fourth-order valence-corrected chi connectivity index (χ4v) is 8.46. The lowest BCUT2D eigenvalue weighted by Crippen LogP contribution is -2.10. The highest BCUT2D eigenvalue weighted by Gasteiger charge is 2.16. The average Bonchev–Trinajstić information content (AvgIpc) is 3.44. The van der Waals surface area contributed by atoms with E-state index >= 15 is 0 Å². The summed E-state index contributed by atoms with van der Waals surface area (Å²) in [5.41, 5.74) is 4.06. The van der Waals surface area contributed by atoms with Gasteiger partial charge in [0.15, 0.2) is 23.0 Å². The minimum atomic E-state index is -0.465. The number of hydrogen-bond donors (Lipinski definition) is 0. The van der Waals surface area contributed by atoms with Crippen LogP contribution in [0.3, 0.4) is 0 Å². The summed E-state index contributed by atoms with van der Waals surface area (Å²) >= 11 is 0. The van der Waals surface area contributed by atoms with Crippen LogP contribution < -0.4 is 28.4 Å². The molecule has 5 aromatic carbocycles. The highest BCUT2D eigenvalue weighted by atomic mass is 16.5. The van der Waals surface area contributed by atoms with Crippen LogP contribution in [0.5, 0.6) is 34.5 Å². The van der Waals surface area contributed by atoms with Crippen molar-refractivity contribution in [1.82, 2.24) is 0 Å². The molecule has 406 valence electrons. The summed E-state index contributed by atoms with van der Waals surface area (Å²) < 4.78 is 36.2. The standard InChI is InChI=1S/C68H86O8/c1-5-9-13-17-21-25-49-71-63-47-41-59(53-65(63)73-51-27-23-19-15-11-7-3)67(69)75-61-43-37-57(38-44-61)35-33-55-29-31-56(32-30-55)34-36-58-39-45-62(46-40-58)76-68(70)60-42-48-64(72-50-26-22-18-14-10-6-2)66(54-60)74-52-28-24-20-16-12-8-4/h29-32,37-48,53-54H,5-28,49-52H2,1-4H3. The van der Waals surface area contributed by atoms with Crippen LogP contribution >= 0.6 is 0 Å². The van der Waals surface area contributed by atoms with Crippen molar-refractivity contribution in [1.29, 1.82) is 0 Å². The average molecular weight is 1030 g/mol. The minimum absolute atomic E-state index is 0.402. The van der Waals surface area contributed by atoms with Gasteiger partial charge in [0.2, 0.25) is 0 Å². The van der Waals surface area contributed by atoms with Gasteiger partial charge in [0.25, 0.3) is 0 Å². The third-order valence-electron chi connectivity index (χ3n) is 13.1. The van der Waals surface area contributed by atoms with Crippen molar-refractivity contribution in [3.8, 4) is 58.2 Å². The summed E-state index contributed by atoms with van der Waals surface area (Å²) in [6, 6.07) is 32.7. The molecule has 0 saturated heterocycles. The molecule has 8 nitrogen and oxygen atoms in total. The van der Waals surface area contributed by atoms with Crippen LogP contribution in [0.2, 0.25) is 0 Å². The first kappa shape index (κ1) is 60.2. The van der Waals surface area contributed by atoms with Gasteiger partial charge < -0.3 is 28.4 Å².